The van der Waals surface area contributed by atoms with Crippen molar-refractivity contribution in [2.45, 2.75) is 13.0 Å². The summed E-state index contributed by atoms with van der Waals surface area (Å²) < 4.78 is 0. The minimum Gasteiger partial charge on any atom is -0.384 e. The number of hydrogen-bond acceptors (Lipinski definition) is 2. The van der Waals surface area contributed by atoms with Gasteiger partial charge in [-0.1, -0.05) is 35.9 Å². The van der Waals surface area contributed by atoms with Crippen LogP contribution in [0.25, 0.3) is 0 Å². The van der Waals surface area contributed by atoms with Crippen molar-refractivity contribution in [1.29, 1.82) is 0 Å². The zero-order valence-corrected chi connectivity index (χ0v) is 9.65. The van der Waals surface area contributed by atoms with Crippen molar-refractivity contribution in [3.8, 4) is 0 Å². The van der Waals surface area contributed by atoms with Gasteiger partial charge in [0.05, 0.1) is 0 Å². The molecule has 1 unspecified atom stereocenters. The van der Waals surface area contributed by atoms with Crippen LogP contribution in [0.15, 0.2) is 42.7 Å². The van der Waals surface area contributed by atoms with Gasteiger partial charge in [0.15, 0.2) is 0 Å². The van der Waals surface area contributed by atoms with E-state index in [1.165, 1.54) is 0 Å². The number of pyridine rings is 1. The summed E-state index contributed by atoms with van der Waals surface area (Å²) in [4.78, 5) is 4.06. The lowest BCUT2D eigenvalue weighted by Crippen LogP contribution is -2.01. The quantitative estimate of drug-likeness (QED) is 0.865. The molecular weight excluding hydrogens is 222 g/mol. The maximum Gasteiger partial charge on any atom is 0.107 e. The number of aliphatic hydroxyl groups excluding tert-OH is 1. The fraction of sp³-hybridized carbons (Fsp3) is 0.154. The first-order valence-corrected chi connectivity index (χ1v) is 5.40. The molecule has 1 N–H and O–H groups in total. The Hall–Kier alpha value is -1.38. The van der Waals surface area contributed by atoms with Crippen LogP contribution in [0, 0.1) is 6.92 Å². The average Bonchev–Trinajstić information content (AvgIpc) is 2.29. The normalized spacial score (nSPS) is 12.4. The van der Waals surface area contributed by atoms with Crippen LogP contribution in [0.2, 0.25) is 5.02 Å². The second-order valence-corrected chi connectivity index (χ2v) is 4.13. The Morgan fingerprint density at radius 1 is 1.25 bits per heavy atom. The van der Waals surface area contributed by atoms with Crippen molar-refractivity contribution >= 4 is 11.6 Å². The fourth-order valence-corrected chi connectivity index (χ4v) is 1.84. The van der Waals surface area contributed by atoms with E-state index in [0.29, 0.717) is 10.6 Å². The second-order valence-electron chi connectivity index (χ2n) is 3.72. The molecule has 0 aliphatic rings. The third kappa shape index (κ3) is 2.23. The van der Waals surface area contributed by atoms with Crippen molar-refractivity contribution in [3.05, 3.63) is 64.4 Å². The Bertz CT molecular complexity index is 499. The summed E-state index contributed by atoms with van der Waals surface area (Å²) in [5.74, 6) is 0. The Kier molecular flexibility index (Phi) is 3.22. The number of nitrogens with zero attached hydrogens (tertiary/aromatic N) is 1. The zero-order chi connectivity index (χ0) is 11.5. The summed E-state index contributed by atoms with van der Waals surface area (Å²) in [6, 6.07) is 9.18. The SMILES string of the molecule is Cc1cncc(C(O)c2ccccc2Cl)c1. The Morgan fingerprint density at radius 2 is 2.00 bits per heavy atom. The molecule has 0 aliphatic carbocycles. The Morgan fingerprint density at radius 3 is 2.69 bits per heavy atom. The molecule has 0 saturated heterocycles. The van der Waals surface area contributed by atoms with Gasteiger partial charge in [0, 0.05) is 28.5 Å². The molecule has 1 aromatic heterocycles. The van der Waals surface area contributed by atoms with Gasteiger partial charge in [0.1, 0.15) is 6.10 Å². The van der Waals surface area contributed by atoms with E-state index >= 15 is 0 Å². The van der Waals surface area contributed by atoms with Crippen molar-refractivity contribution in [3.63, 3.8) is 0 Å². The van der Waals surface area contributed by atoms with Crippen molar-refractivity contribution in [2.24, 2.45) is 0 Å². The van der Waals surface area contributed by atoms with Gasteiger partial charge in [-0.05, 0) is 18.6 Å². The summed E-state index contributed by atoms with van der Waals surface area (Å²) >= 11 is 6.03. The van der Waals surface area contributed by atoms with E-state index in [0.717, 1.165) is 11.1 Å². The van der Waals surface area contributed by atoms with E-state index < -0.39 is 6.10 Å². The van der Waals surface area contributed by atoms with Gasteiger partial charge < -0.3 is 5.11 Å². The molecule has 0 amide bonds. The Balaban J connectivity index is 2.39. The largest absolute Gasteiger partial charge is 0.384 e. The minimum atomic E-state index is -0.721. The number of aliphatic hydroxyl groups is 1. The van der Waals surface area contributed by atoms with Crippen LogP contribution in [0.5, 0.6) is 0 Å². The number of rotatable bonds is 2. The molecule has 16 heavy (non-hydrogen) atoms. The van der Waals surface area contributed by atoms with E-state index in [1.807, 2.05) is 31.2 Å². The number of aromatic nitrogens is 1. The lowest BCUT2D eigenvalue weighted by molar-refractivity contribution is 0.220. The molecule has 0 spiro atoms. The molecule has 1 heterocycles. The maximum absolute atomic E-state index is 10.2. The summed E-state index contributed by atoms with van der Waals surface area (Å²) in [5.41, 5.74) is 2.48. The van der Waals surface area contributed by atoms with Crippen LogP contribution in [-0.2, 0) is 0 Å². The van der Waals surface area contributed by atoms with Gasteiger partial charge >= 0.3 is 0 Å². The molecule has 82 valence electrons. The van der Waals surface area contributed by atoms with Crippen LogP contribution in [0.4, 0.5) is 0 Å². The molecule has 0 aliphatic heterocycles. The highest BCUT2D eigenvalue weighted by Crippen LogP contribution is 2.27. The molecule has 2 nitrogen and oxygen atoms in total. The first-order chi connectivity index (χ1) is 7.68. The molecule has 2 aromatic rings. The van der Waals surface area contributed by atoms with Crippen molar-refractivity contribution in [2.75, 3.05) is 0 Å². The summed E-state index contributed by atoms with van der Waals surface area (Å²) in [6.45, 7) is 1.94. The van der Waals surface area contributed by atoms with Crippen molar-refractivity contribution < 1.29 is 5.11 Å². The molecule has 0 saturated carbocycles. The smallest absolute Gasteiger partial charge is 0.107 e. The highest BCUT2D eigenvalue weighted by Gasteiger charge is 2.13. The highest BCUT2D eigenvalue weighted by molar-refractivity contribution is 6.31. The maximum atomic E-state index is 10.2. The molecule has 1 aromatic carbocycles. The first-order valence-electron chi connectivity index (χ1n) is 5.02. The third-order valence-corrected chi connectivity index (χ3v) is 2.76. The molecule has 3 heteroatoms. The van der Waals surface area contributed by atoms with Crippen LogP contribution in [0.3, 0.4) is 0 Å². The topological polar surface area (TPSA) is 33.1 Å². The van der Waals surface area contributed by atoms with Gasteiger partial charge in [-0.2, -0.15) is 0 Å². The average molecular weight is 234 g/mol. The fourth-order valence-electron chi connectivity index (χ4n) is 1.60. The second kappa shape index (κ2) is 4.64. The summed E-state index contributed by atoms with van der Waals surface area (Å²) in [7, 11) is 0. The van der Waals surface area contributed by atoms with Crippen LogP contribution in [0.1, 0.15) is 22.8 Å². The van der Waals surface area contributed by atoms with Gasteiger partial charge in [0.2, 0.25) is 0 Å². The molecule has 0 radical (unpaired) electrons. The highest BCUT2D eigenvalue weighted by atomic mass is 35.5. The van der Waals surface area contributed by atoms with E-state index in [1.54, 1.807) is 18.5 Å². The van der Waals surface area contributed by atoms with E-state index in [4.69, 9.17) is 11.6 Å². The van der Waals surface area contributed by atoms with Gasteiger partial charge in [-0.3, -0.25) is 4.98 Å². The predicted molar refractivity (Wildman–Crippen MR) is 64.5 cm³/mol. The monoisotopic (exact) mass is 233 g/mol. The number of hydrogen-bond donors (Lipinski definition) is 1. The number of aryl methyl sites for hydroxylation is 1. The Labute approximate surface area is 99.5 Å². The van der Waals surface area contributed by atoms with Gasteiger partial charge in [-0.25, -0.2) is 0 Å². The minimum absolute atomic E-state index is 0.566. The number of benzene rings is 1. The molecule has 0 bridgehead atoms. The van der Waals surface area contributed by atoms with Crippen LogP contribution >= 0.6 is 11.6 Å². The van der Waals surface area contributed by atoms with Gasteiger partial charge in [0.25, 0.3) is 0 Å². The predicted octanol–water partition coefficient (Wildman–Crippen LogP) is 3.13. The van der Waals surface area contributed by atoms with Crippen LogP contribution < -0.4 is 0 Å². The lowest BCUT2D eigenvalue weighted by Gasteiger charge is -2.12. The zero-order valence-electron chi connectivity index (χ0n) is 8.89. The van der Waals surface area contributed by atoms with E-state index in [-0.39, 0.29) is 0 Å². The summed E-state index contributed by atoms with van der Waals surface area (Å²) in [6.07, 6.45) is 2.69. The third-order valence-electron chi connectivity index (χ3n) is 2.41. The summed E-state index contributed by atoms with van der Waals surface area (Å²) in [5, 5.41) is 10.7. The van der Waals surface area contributed by atoms with E-state index in [9.17, 15) is 5.11 Å². The molecule has 2 rings (SSSR count). The standard InChI is InChI=1S/C13H12ClNO/c1-9-6-10(8-15-7-9)13(16)11-4-2-3-5-12(11)14/h2-8,13,16H,1H3. The molecule has 0 fully saturated rings. The van der Waals surface area contributed by atoms with Crippen molar-refractivity contribution in [1.82, 2.24) is 4.98 Å². The van der Waals surface area contributed by atoms with E-state index in [2.05, 4.69) is 4.98 Å². The first kappa shape index (κ1) is 11.1. The van der Waals surface area contributed by atoms with Crippen LogP contribution in [-0.4, -0.2) is 10.1 Å². The van der Waals surface area contributed by atoms with Gasteiger partial charge in [-0.15, -0.1) is 0 Å². The lowest BCUT2D eigenvalue weighted by atomic mass is 10.0. The molecular formula is C13H12ClNO. The molecule has 1 atom stereocenters. The number of halogens is 1.